The molecule has 0 aliphatic rings. The van der Waals surface area contributed by atoms with E-state index < -0.39 is 11.8 Å². The molecule has 17 heavy (non-hydrogen) atoms. The number of carboxylic acids is 1. The van der Waals surface area contributed by atoms with Crippen molar-refractivity contribution in [3.63, 3.8) is 0 Å². The molecule has 0 bridgehead atoms. The van der Waals surface area contributed by atoms with Crippen molar-refractivity contribution in [2.75, 3.05) is 6.54 Å². The van der Waals surface area contributed by atoms with Gasteiger partial charge in [-0.15, -0.1) is 0 Å². The molecule has 0 atom stereocenters. The predicted octanol–water partition coefficient (Wildman–Crippen LogP) is 1.81. The molecule has 0 heterocycles. The monoisotopic (exact) mass is 239 g/mol. The molecule has 1 rings (SSSR count). The summed E-state index contributed by atoms with van der Waals surface area (Å²) in [6.45, 7) is 0.391. The topological polar surface area (TPSA) is 66.4 Å². The lowest BCUT2D eigenvalue weighted by molar-refractivity contribution is -0.137. The van der Waals surface area contributed by atoms with Gasteiger partial charge in [-0.2, -0.15) is 0 Å². The van der Waals surface area contributed by atoms with E-state index in [1.54, 1.807) is 0 Å². The normalized spacial score (nSPS) is 9.94. The first-order valence-corrected chi connectivity index (χ1v) is 5.35. The van der Waals surface area contributed by atoms with Gasteiger partial charge in [0.2, 0.25) is 0 Å². The van der Waals surface area contributed by atoms with E-state index >= 15 is 0 Å². The summed E-state index contributed by atoms with van der Waals surface area (Å²) in [7, 11) is 0. The van der Waals surface area contributed by atoms with Crippen LogP contribution in [0.4, 0.5) is 4.39 Å². The molecular weight excluding hydrogens is 225 g/mol. The van der Waals surface area contributed by atoms with Crippen molar-refractivity contribution in [1.82, 2.24) is 5.32 Å². The van der Waals surface area contributed by atoms with E-state index in [1.165, 1.54) is 18.2 Å². The Kier molecular flexibility index (Phi) is 5.13. The Labute approximate surface area is 98.5 Å². The van der Waals surface area contributed by atoms with Gasteiger partial charge in [-0.1, -0.05) is 6.07 Å². The Morgan fingerprint density at radius 1 is 1.29 bits per heavy atom. The molecule has 0 aliphatic carbocycles. The molecule has 1 aromatic carbocycles. The number of aliphatic carboxylic acids is 1. The quantitative estimate of drug-likeness (QED) is 0.744. The SMILES string of the molecule is O=C(O)CCCCNC(=O)c1cccc(F)c1. The van der Waals surface area contributed by atoms with Crippen molar-refractivity contribution in [3.8, 4) is 0 Å². The number of unbranched alkanes of at least 4 members (excludes halogenated alkanes) is 1. The van der Waals surface area contributed by atoms with Gasteiger partial charge in [-0.3, -0.25) is 9.59 Å². The van der Waals surface area contributed by atoms with Gasteiger partial charge < -0.3 is 10.4 Å². The van der Waals surface area contributed by atoms with Crippen molar-refractivity contribution in [3.05, 3.63) is 35.6 Å². The number of hydrogen-bond acceptors (Lipinski definition) is 2. The number of carbonyl (C=O) groups excluding carboxylic acids is 1. The van der Waals surface area contributed by atoms with Crippen molar-refractivity contribution in [2.24, 2.45) is 0 Å². The highest BCUT2D eigenvalue weighted by Gasteiger charge is 2.05. The first-order chi connectivity index (χ1) is 8.09. The number of carboxylic acid groups (broad SMARTS) is 1. The molecule has 0 aliphatic heterocycles. The fraction of sp³-hybridized carbons (Fsp3) is 0.333. The van der Waals surface area contributed by atoms with Gasteiger partial charge in [0.05, 0.1) is 0 Å². The minimum atomic E-state index is -0.846. The van der Waals surface area contributed by atoms with Crippen LogP contribution < -0.4 is 5.32 Å². The van der Waals surface area contributed by atoms with Gasteiger partial charge in [0.1, 0.15) is 5.82 Å². The Morgan fingerprint density at radius 3 is 2.71 bits per heavy atom. The first kappa shape index (κ1) is 13.2. The van der Waals surface area contributed by atoms with Gasteiger partial charge in [0.25, 0.3) is 5.91 Å². The average molecular weight is 239 g/mol. The Balaban J connectivity index is 2.28. The molecule has 4 nitrogen and oxygen atoms in total. The number of rotatable bonds is 6. The maximum Gasteiger partial charge on any atom is 0.303 e. The standard InChI is InChI=1S/C12H14FNO3/c13-10-5-3-4-9(8-10)12(17)14-7-2-1-6-11(15)16/h3-5,8H,1-2,6-7H2,(H,14,17)(H,15,16). The van der Waals surface area contributed by atoms with Gasteiger partial charge in [0.15, 0.2) is 0 Å². The van der Waals surface area contributed by atoms with Gasteiger partial charge >= 0.3 is 5.97 Å². The summed E-state index contributed by atoms with van der Waals surface area (Å²) in [6.07, 6.45) is 1.20. The van der Waals surface area contributed by atoms with E-state index in [4.69, 9.17) is 5.11 Å². The Morgan fingerprint density at radius 2 is 2.06 bits per heavy atom. The summed E-state index contributed by atoms with van der Waals surface area (Å²) in [5.41, 5.74) is 0.267. The van der Waals surface area contributed by atoms with Crippen LogP contribution >= 0.6 is 0 Å². The molecule has 0 aromatic heterocycles. The fourth-order valence-electron chi connectivity index (χ4n) is 1.33. The Hall–Kier alpha value is -1.91. The van der Waals surface area contributed by atoms with Crippen LogP contribution in [-0.2, 0) is 4.79 Å². The van der Waals surface area contributed by atoms with Crippen molar-refractivity contribution in [1.29, 1.82) is 0 Å². The lowest BCUT2D eigenvalue weighted by atomic mass is 10.2. The predicted molar refractivity (Wildman–Crippen MR) is 60.2 cm³/mol. The van der Waals surface area contributed by atoms with Crippen LogP contribution in [0.3, 0.4) is 0 Å². The van der Waals surface area contributed by atoms with E-state index in [1.807, 2.05) is 0 Å². The summed E-state index contributed by atoms with van der Waals surface area (Å²) in [5, 5.41) is 11.0. The fourth-order valence-corrected chi connectivity index (χ4v) is 1.33. The van der Waals surface area contributed by atoms with E-state index in [0.717, 1.165) is 6.07 Å². The van der Waals surface area contributed by atoms with Crippen LogP contribution in [0.5, 0.6) is 0 Å². The number of nitrogens with one attached hydrogen (secondary N) is 1. The van der Waals surface area contributed by atoms with Crippen LogP contribution in [-0.4, -0.2) is 23.5 Å². The van der Waals surface area contributed by atoms with E-state index in [2.05, 4.69) is 5.32 Å². The summed E-state index contributed by atoms with van der Waals surface area (Å²) in [6, 6.07) is 5.42. The lowest BCUT2D eigenvalue weighted by Crippen LogP contribution is -2.24. The molecular formula is C12H14FNO3. The number of amides is 1. The molecule has 0 spiro atoms. The molecule has 0 saturated heterocycles. The van der Waals surface area contributed by atoms with Gasteiger partial charge in [0, 0.05) is 18.5 Å². The largest absolute Gasteiger partial charge is 0.481 e. The van der Waals surface area contributed by atoms with E-state index in [0.29, 0.717) is 19.4 Å². The number of hydrogen-bond donors (Lipinski definition) is 2. The van der Waals surface area contributed by atoms with Crippen LogP contribution in [0.1, 0.15) is 29.6 Å². The summed E-state index contributed by atoms with van der Waals surface area (Å²) in [4.78, 5) is 21.7. The third-order valence-corrected chi connectivity index (χ3v) is 2.19. The van der Waals surface area contributed by atoms with Crippen LogP contribution in [0.25, 0.3) is 0 Å². The highest BCUT2D eigenvalue weighted by molar-refractivity contribution is 5.94. The maximum absolute atomic E-state index is 12.8. The molecule has 0 saturated carbocycles. The van der Waals surface area contributed by atoms with Crippen molar-refractivity contribution in [2.45, 2.75) is 19.3 Å². The van der Waals surface area contributed by atoms with Crippen molar-refractivity contribution >= 4 is 11.9 Å². The lowest BCUT2D eigenvalue weighted by Gasteiger charge is -2.04. The molecule has 1 aromatic rings. The molecule has 1 amide bonds. The number of carbonyl (C=O) groups is 2. The van der Waals surface area contributed by atoms with Gasteiger partial charge in [-0.05, 0) is 31.0 Å². The number of benzene rings is 1. The zero-order valence-electron chi connectivity index (χ0n) is 9.28. The average Bonchev–Trinajstić information content (AvgIpc) is 2.28. The van der Waals surface area contributed by atoms with Crippen LogP contribution in [0, 0.1) is 5.82 Å². The Bertz CT molecular complexity index is 406. The van der Waals surface area contributed by atoms with E-state index in [9.17, 15) is 14.0 Å². The summed E-state index contributed by atoms with van der Waals surface area (Å²) >= 11 is 0. The molecule has 0 fully saturated rings. The zero-order chi connectivity index (χ0) is 12.7. The second-order valence-electron chi connectivity index (χ2n) is 3.62. The van der Waals surface area contributed by atoms with Crippen LogP contribution in [0.15, 0.2) is 24.3 Å². The molecule has 0 radical (unpaired) electrons. The van der Waals surface area contributed by atoms with Crippen LogP contribution in [0.2, 0.25) is 0 Å². The first-order valence-electron chi connectivity index (χ1n) is 5.35. The maximum atomic E-state index is 12.8. The van der Waals surface area contributed by atoms with Crippen molar-refractivity contribution < 1.29 is 19.1 Å². The highest BCUT2D eigenvalue weighted by Crippen LogP contribution is 2.03. The molecule has 92 valence electrons. The molecule has 0 unspecified atom stereocenters. The molecule has 5 heteroatoms. The smallest absolute Gasteiger partial charge is 0.303 e. The third kappa shape index (κ3) is 5.10. The number of halogens is 1. The second-order valence-corrected chi connectivity index (χ2v) is 3.62. The summed E-state index contributed by atoms with van der Waals surface area (Å²) < 4.78 is 12.8. The molecule has 2 N–H and O–H groups in total. The van der Waals surface area contributed by atoms with E-state index in [-0.39, 0.29) is 17.9 Å². The zero-order valence-corrected chi connectivity index (χ0v) is 9.28. The minimum absolute atomic E-state index is 0.0931. The third-order valence-electron chi connectivity index (χ3n) is 2.19. The highest BCUT2D eigenvalue weighted by atomic mass is 19.1. The van der Waals surface area contributed by atoms with Gasteiger partial charge in [-0.25, -0.2) is 4.39 Å². The minimum Gasteiger partial charge on any atom is -0.481 e. The second kappa shape index (κ2) is 6.62. The summed E-state index contributed by atoms with van der Waals surface area (Å²) in [5.74, 6) is -1.65.